The van der Waals surface area contributed by atoms with Gasteiger partial charge in [0.1, 0.15) is 11.6 Å². The Balaban J connectivity index is 2.37. The molecule has 7 heteroatoms. The lowest BCUT2D eigenvalue weighted by Gasteiger charge is -2.34. The van der Waals surface area contributed by atoms with Crippen LogP contribution in [0.15, 0.2) is 18.2 Å². The van der Waals surface area contributed by atoms with Crippen LogP contribution in [0.3, 0.4) is 0 Å². The summed E-state index contributed by atoms with van der Waals surface area (Å²) in [6, 6.07) is 3.86. The van der Waals surface area contributed by atoms with Gasteiger partial charge in [-0.1, -0.05) is 0 Å². The minimum Gasteiger partial charge on any atom is -0.497 e. The van der Waals surface area contributed by atoms with Gasteiger partial charge in [0.25, 0.3) is 5.91 Å². The molecule has 1 aromatic rings. The lowest BCUT2D eigenvalue weighted by atomic mass is 9.96. The highest BCUT2D eigenvalue weighted by atomic mass is 19.1. The number of aliphatic carboxylic acids is 1. The quantitative estimate of drug-likeness (QED) is 0.892. The second-order valence-electron chi connectivity index (χ2n) is 5.18. The molecule has 0 radical (unpaired) electrons. The van der Waals surface area contributed by atoms with E-state index in [1.807, 2.05) is 0 Å². The van der Waals surface area contributed by atoms with Crippen molar-refractivity contribution in [3.05, 3.63) is 29.6 Å². The molecule has 1 aliphatic rings. The molecule has 6 nitrogen and oxygen atoms in total. The molecule has 1 aliphatic heterocycles. The molecule has 1 saturated heterocycles. The van der Waals surface area contributed by atoms with Gasteiger partial charge in [-0.05, 0) is 25.0 Å². The van der Waals surface area contributed by atoms with Crippen molar-refractivity contribution in [1.29, 1.82) is 0 Å². The standard InChI is InChI=1S/C15H18FNO5/c1-21-9-15(14(19)20)6-3-7-17(15)13(18)11-5-4-10(22-2)8-12(11)16/h4-5,8H,3,6-7,9H2,1-2H3,(H,19,20). The van der Waals surface area contributed by atoms with Crippen LogP contribution in [-0.4, -0.2) is 54.8 Å². The van der Waals surface area contributed by atoms with E-state index in [1.54, 1.807) is 0 Å². The summed E-state index contributed by atoms with van der Waals surface area (Å²) < 4.78 is 24.0. The zero-order valence-electron chi connectivity index (χ0n) is 12.5. The summed E-state index contributed by atoms with van der Waals surface area (Å²) in [6.45, 7) is 0.117. The fraction of sp³-hybridized carbons (Fsp3) is 0.467. The number of hydrogen-bond acceptors (Lipinski definition) is 4. The van der Waals surface area contributed by atoms with Crippen molar-refractivity contribution in [2.75, 3.05) is 27.4 Å². The fourth-order valence-electron chi connectivity index (χ4n) is 2.79. The number of amides is 1. The van der Waals surface area contributed by atoms with E-state index in [-0.39, 0.29) is 30.9 Å². The second kappa shape index (κ2) is 6.31. The Labute approximate surface area is 127 Å². The number of nitrogens with zero attached hydrogens (tertiary/aromatic N) is 1. The Bertz CT molecular complexity index is 591. The lowest BCUT2D eigenvalue weighted by molar-refractivity contribution is -0.151. The number of hydrogen-bond donors (Lipinski definition) is 1. The van der Waals surface area contributed by atoms with E-state index >= 15 is 0 Å². The van der Waals surface area contributed by atoms with E-state index in [1.165, 1.54) is 31.3 Å². The summed E-state index contributed by atoms with van der Waals surface area (Å²) in [5.41, 5.74) is -1.62. The summed E-state index contributed by atoms with van der Waals surface area (Å²) >= 11 is 0. The number of rotatable bonds is 5. The van der Waals surface area contributed by atoms with Gasteiger partial charge in [-0.2, -0.15) is 0 Å². The molecule has 1 heterocycles. The molecule has 1 aromatic carbocycles. The molecule has 22 heavy (non-hydrogen) atoms. The highest BCUT2D eigenvalue weighted by molar-refractivity contribution is 5.98. The number of carboxylic acid groups (broad SMARTS) is 1. The van der Waals surface area contributed by atoms with Gasteiger partial charge in [0, 0.05) is 19.7 Å². The molecule has 0 saturated carbocycles. The summed E-state index contributed by atoms with van der Waals surface area (Å²) in [5, 5.41) is 9.52. The smallest absolute Gasteiger partial charge is 0.332 e. The second-order valence-corrected chi connectivity index (χ2v) is 5.18. The number of carbonyl (C=O) groups is 2. The van der Waals surface area contributed by atoms with Crippen molar-refractivity contribution in [1.82, 2.24) is 4.90 Å². The summed E-state index contributed by atoms with van der Waals surface area (Å²) in [5.74, 6) is -2.25. The van der Waals surface area contributed by atoms with Crippen LogP contribution in [0, 0.1) is 5.82 Å². The topological polar surface area (TPSA) is 76.1 Å². The van der Waals surface area contributed by atoms with Gasteiger partial charge in [0.2, 0.25) is 0 Å². The number of ether oxygens (including phenoxy) is 2. The number of methoxy groups -OCH3 is 2. The van der Waals surface area contributed by atoms with Gasteiger partial charge in [-0.15, -0.1) is 0 Å². The third kappa shape index (κ3) is 2.64. The minimum absolute atomic E-state index is 0.133. The molecule has 1 atom stereocenters. The van der Waals surface area contributed by atoms with Gasteiger partial charge in [0.05, 0.1) is 19.3 Å². The monoisotopic (exact) mass is 311 g/mol. The maximum Gasteiger partial charge on any atom is 0.332 e. The number of carboxylic acids is 1. The third-order valence-corrected chi connectivity index (χ3v) is 3.92. The van der Waals surface area contributed by atoms with Crippen molar-refractivity contribution in [2.24, 2.45) is 0 Å². The first-order chi connectivity index (χ1) is 10.5. The molecular weight excluding hydrogens is 293 g/mol. The molecule has 1 unspecified atom stereocenters. The average Bonchev–Trinajstić information content (AvgIpc) is 2.92. The van der Waals surface area contributed by atoms with Crippen LogP contribution in [0.2, 0.25) is 0 Å². The first kappa shape index (κ1) is 16.2. The maximum atomic E-state index is 14.1. The number of likely N-dealkylation sites (tertiary alicyclic amines) is 1. The predicted molar refractivity (Wildman–Crippen MR) is 75.5 cm³/mol. The van der Waals surface area contributed by atoms with Crippen molar-refractivity contribution in [3.63, 3.8) is 0 Å². The highest BCUT2D eigenvalue weighted by Crippen LogP contribution is 2.32. The highest BCUT2D eigenvalue weighted by Gasteiger charge is 2.50. The molecule has 0 aromatic heterocycles. The van der Waals surface area contributed by atoms with Crippen LogP contribution in [0.4, 0.5) is 4.39 Å². The van der Waals surface area contributed by atoms with Gasteiger partial charge < -0.3 is 19.5 Å². The summed E-state index contributed by atoms with van der Waals surface area (Å²) in [7, 11) is 2.77. The third-order valence-electron chi connectivity index (χ3n) is 3.92. The molecule has 0 bridgehead atoms. The SMILES string of the molecule is COCC1(C(=O)O)CCCN1C(=O)c1ccc(OC)cc1F. The molecule has 120 valence electrons. The Kier molecular flexibility index (Phi) is 4.65. The van der Waals surface area contributed by atoms with Crippen LogP contribution in [0.1, 0.15) is 23.2 Å². The van der Waals surface area contributed by atoms with Crippen LogP contribution in [-0.2, 0) is 9.53 Å². The van der Waals surface area contributed by atoms with Gasteiger partial charge in [0.15, 0.2) is 5.54 Å². The van der Waals surface area contributed by atoms with Crippen molar-refractivity contribution in [2.45, 2.75) is 18.4 Å². The van der Waals surface area contributed by atoms with E-state index in [4.69, 9.17) is 9.47 Å². The zero-order valence-corrected chi connectivity index (χ0v) is 12.5. The van der Waals surface area contributed by atoms with Crippen molar-refractivity contribution >= 4 is 11.9 Å². The van der Waals surface area contributed by atoms with Gasteiger partial charge in [-0.25, -0.2) is 9.18 Å². The first-order valence-electron chi connectivity index (χ1n) is 6.84. The maximum absolute atomic E-state index is 14.1. The Hall–Kier alpha value is -2.15. The Morgan fingerprint density at radius 3 is 2.68 bits per heavy atom. The van der Waals surface area contributed by atoms with E-state index in [2.05, 4.69) is 0 Å². The Morgan fingerprint density at radius 1 is 1.41 bits per heavy atom. The zero-order chi connectivity index (χ0) is 16.3. The first-order valence-corrected chi connectivity index (χ1v) is 6.84. The van der Waals surface area contributed by atoms with Crippen LogP contribution < -0.4 is 4.74 Å². The molecule has 0 spiro atoms. The number of benzene rings is 1. The predicted octanol–water partition coefficient (Wildman–Crippen LogP) is 1.54. The van der Waals surface area contributed by atoms with Crippen LogP contribution in [0.5, 0.6) is 5.75 Å². The molecule has 2 rings (SSSR count). The van der Waals surface area contributed by atoms with E-state index in [9.17, 15) is 19.1 Å². The van der Waals surface area contributed by atoms with Gasteiger partial charge >= 0.3 is 5.97 Å². The molecule has 1 amide bonds. The Morgan fingerprint density at radius 2 is 2.14 bits per heavy atom. The van der Waals surface area contributed by atoms with Gasteiger partial charge in [-0.3, -0.25) is 4.79 Å². The molecular formula is C15H18FNO5. The van der Waals surface area contributed by atoms with Crippen molar-refractivity contribution < 1.29 is 28.6 Å². The van der Waals surface area contributed by atoms with E-state index < -0.39 is 23.2 Å². The number of halogens is 1. The van der Waals surface area contributed by atoms with Crippen LogP contribution >= 0.6 is 0 Å². The van der Waals surface area contributed by atoms with Crippen LogP contribution in [0.25, 0.3) is 0 Å². The minimum atomic E-state index is -1.45. The van der Waals surface area contributed by atoms with Crippen molar-refractivity contribution in [3.8, 4) is 5.75 Å². The van der Waals surface area contributed by atoms with E-state index in [0.29, 0.717) is 6.42 Å². The lowest BCUT2D eigenvalue weighted by Crippen LogP contribution is -2.56. The molecule has 0 aliphatic carbocycles. The molecule has 1 fully saturated rings. The van der Waals surface area contributed by atoms with E-state index in [0.717, 1.165) is 6.07 Å². The number of carbonyl (C=O) groups excluding carboxylic acids is 1. The average molecular weight is 311 g/mol. The summed E-state index contributed by atoms with van der Waals surface area (Å²) in [6.07, 6.45) is 0.804. The summed E-state index contributed by atoms with van der Waals surface area (Å²) in [4.78, 5) is 25.4. The molecule has 1 N–H and O–H groups in total. The fourth-order valence-corrected chi connectivity index (χ4v) is 2.79. The largest absolute Gasteiger partial charge is 0.497 e. The normalized spacial score (nSPS) is 21.0.